The zero-order valence-corrected chi connectivity index (χ0v) is 16.6. The fraction of sp³-hybridized carbons (Fsp3) is 0.348. The molecule has 1 aliphatic carbocycles. The molecule has 2 heterocycles. The van der Waals surface area contributed by atoms with E-state index in [1.807, 2.05) is 24.4 Å². The summed E-state index contributed by atoms with van der Waals surface area (Å²) in [5.41, 5.74) is 5.33. The van der Waals surface area contributed by atoms with Crippen LogP contribution in [0, 0.1) is 13.8 Å². The van der Waals surface area contributed by atoms with Gasteiger partial charge in [-0.2, -0.15) is 4.98 Å². The van der Waals surface area contributed by atoms with Gasteiger partial charge in [-0.25, -0.2) is 4.98 Å². The van der Waals surface area contributed by atoms with Crippen molar-refractivity contribution in [1.82, 2.24) is 15.0 Å². The minimum atomic E-state index is 0.450. The summed E-state index contributed by atoms with van der Waals surface area (Å²) >= 11 is 0. The van der Waals surface area contributed by atoms with Crippen LogP contribution in [0.5, 0.6) is 0 Å². The van der Waals surface area contributed by atoms with Gasteiger partial charge in [0.1, 0.15) is 5.82 Å². The number of hydrogen-bond acceptors (Lipinski definition) is 5. The van der Waals surface area contributed by atoms with Crippen LogP contribution < -0.4 is 10.6 Å². The van der Waals surface area contributed by atoms with Gasteiger partial charge >= 0.3 is 0 Å². The summed E-state index contributed by atoms with van der Waals surface area (Å²) in [7, 11) is 0. The van der Waals surface area contributed by atoms with E-state index >= 15 is 0 Å². The highest BCUT2D eigenvalue weighted by Gasteiger charge is 2.16. The van der Waals surface area contributed by atoms with Crippen molar-refractivity contribution in [2.24, 2.45) is 0 Å². The highest BCUT2D eigenvalue weighted by atomic mass is 15.2. The second-order valence-corrected chi connectivity index (χ2v) is 7.63. The van der Waals surface area contributed by atoms with Crippen molar-refractivity contribution >= 4 is 17.5 Å². The Hall–Kier alpha value is -2.95. The van der Waals surface area contributed by atoms with Gasteiger partial charge in [-0.1, -0.05) is 31.4 Å². The maximum Gasteiger partial charge on any atom is 0.225 e. The summed E-state index contributed by atoms with van der Waals surface area (Å²) in [5.74, 6) is 1.47. The number of benzene rings is 1. The highest BCUT2D eigenvalue weighted by Crippen LogP contribution is 2.27. The van der Waals surface area contributed by atoms with Gasteiger partial charge in [0.2, 0.25) is 5.95 Å². The third-order valence-corrected chi connectivity index (χ3v) is 5.28. The Bertz CT molecular complexity index is 933. The van der Waals surface area contributed by atoms with Gasteiger partial charge in [0.25, 0.3) is 0 Å². The molecule has 144 valence electrons. The summed E-state index contributed by atoms with van der Waals surface area (Å²) in [6.07, 6.45) is 9.85. The van der Waals surface area contributed by atoms with Gasteiger partial charge in [0.05, 0.1) is 5.69 Å². The summed E-state index contributed by atoms with van der Waals surface area (Å²) in [5, 5.41) is 7.05. The molecule has 0 bridgehead atoms. The van der Waals surface area contributed by atoms with Crippen LogP contribution in [0.4, 0.5) is 17.5 Å². The smallest absolute Gasteiger partial charge is 0.225 e. The molecule has 0 radical (unpaired) electrons. The molecule has 0 unspecified atom stereocenters. The molecule has 1 aromatic carbocycles. The third-order valence-electron chi connectivity index (χ3n) is 5.28. The standard InChI is InChI=1S/C23H27N5/c1-16-10-11-17(2)20(13-16)26-22-14-21(18-7-6-12-24-15-18)27-23(28-22)25-19-8-4-3-5-9-19/h6-7,10-15,19H,3-5,8-9H2,1-2H3,(H2,25,26,27,28). The van der Waals surface area contributed by atoms with E-state index in [-0.39, 0.29) is 0 Å². The molecule has 1 aliphatic rings. The van der Waals surface area contributed by atoms with Crippen LogP contribution in [-0.2, 0) is 0 Å². The van der Waals surface area contributed by atoms with E-state index in [2.05, 4.69) is 47.7 Å². The van der Waals surface area contributed by atoms with Crippen LogP contribution in [0.2, 0.25) is 0 Å². The van der Waals surface area contributed by atoms with Crippen molar-refractivity contribution in [2.75, 3.05) is 10.6 Å². The zero-order chi connectivity index (χ0) is 19.3. The molecule has 2 aromatic heterocycles. The minimum Gasteiger partial charge on any atom is -0.351 e. The van der Waals surface area contributed by atoms with E-state index in [1.54, 1.807) is 6.20 Å². The first kappa shape index (κ1) is 18.4. The molecule has 5 heteroatoms. The quantitative estimate of drug-likeness (QED) is 0.605. The second kappa shape index (κ2) is 8.38. The van der Waals surface area contributed by atoms with Crippen LogP contribution in [0.15, 0.2) is 48.8 Å². The van der Waals surface area contributed by atoms with Crippen molar-refractivity contribution in [3.05, 3.63) is 59.9 Å². The largest absolute Gasteiger partial charge is 0.351 e. The third kappa shape index (κ3) is 4.47. The fourth-order valence-electron chi connectivity index (χ4n) is 3.68. The van der Waals surface area contributed by atoms with Crippen LogP contribution in [0.25, 0.3) is 11.3 Å². The van der Waals surface area contributed by atoms with Crippen molar-refractivity contribution in [3.8, 4) is 11.3 Å². The lowest BCUT2D eigenvalue weighted by molar-refractivity contribution is 0.461. The average Bonchev–Trinajstić information content (AvgIpc) is 2.72. The summed E-state index contributed by atoms with van der Waals surface area (Å²) in [4.78, 5) is 13.8. The van der Waals surface area contributed by atoms with Gasteiger partial charge in [-0.15, -0.1) is 0 Å². The number of aryl methyl sites for hydroxylation is 2. The molecule has 1 saturated carbocycles. The van der Waals surface area contributed by atoms with Gasteiger partial charge in [0.15, 0.2) is 0 Å². The van der Waals surface area contributed by atoms with Crippen molar-refractivity contribution < 1.29 is 0 Å². The predicted octanol–water partition coefficient (Wildman–Crippen LogP) is 5.64. The fourth-order valence-corrected chi connectivity index (χ4v) is 3.68. The highest BCUT2D eigenvalue weighted by molar-refractivity contribution is 5.68. The van der Waals surface area contributed by atoms with Crippen LogP contribution >= 0.6 is 0 Å². The van der Waals surface area contributed by atoms with E-state index in [0.29, 0.717) is 12.0 Å². The molecule has 1 fully saturated rings. The van der Waals surface area contributed by atoms with E-state index in [4.69, 9.17) is 9.97 Å². The van der Waals surface area contributed by atoms with E-state index < -0.39 is 0 Å². The molecule has 0 saturated heterocycles. The number of aromatic nitrogens is 3. The first-order valence-electron chi connectivity index (χ1n) is 10.1. The molecule has 3 aromatic rings. The van der Waals surface area contributed by atoms with Crippen LogP contribution in [0.3, 0.4) is 0 Å². The maximum atomic E-state index is 4.78. The Kier molecular flexibility index (Phi) is 5.51. The molecule has 28 heavy (non-hydrogen) atoms. The van der Waals surface area contributed by atoms with E-state index in [0.717, 1.165) is 22.8 Å². The molecule has 4 rings (SSSR count). The van der Waals surface area contributed by atoms with Gasteiger partial charge in [-0.05, 0) is 56.0 Å². The summed E-state index contributed by atoms with van der Waals surface area (Å²) in [6.45, 7) is 4.20. The van der Waals surface area contributed by atoms with Crippen LogP contribution in [-0.4, -0.2) is 21.0 Å². The molecule has 5 nitrogen and oxygen atoms in total. The van der Waals surface area contributed by atoms with Gasteiger partial charge in [-0.3, -0.25) is 4.98 Å². The van der Waals surface area contributed by atoms with Crippen molar-refractivity contribution in [3.63, 3.8) is 0 Å². The first-order chi connectivity index (χ1) is 13.7. The molecule has 0 amide bonds. The normalized spacial score (nSPS) is 14.6. The monoisotopic (exact) mass is 373 g/mol. The number of nitrogens with one attached hydrogen (secondary N) is 2. The molecule has 2 N–H and O–H groups in total. The molecular formula is C23H27N5. The molecular weight excluding hydrogens is 346 g/mol. The lowest BCUT2D eigenvalue weighted by Crippen LogP contribution is -2.23. The summed E-state index contributed by atoms with van der Waals surface area (Å²) < 4.78 is 0. The van der Waals surface area contributed by atoms with E-state index in [9.17, 15) is 0 Å². The Morgan fingerprint density at radius 1 is 0.964 bits per heavy atom. The van der Waals surface area contributed by atoms with E-state index in [1.165, 1.54) is 43.2 Å². The number of rotatable bonds is 5. The second-order valence-electron chi connectivity index (χ2n) is 7.63. The Morgan fingerprint density at radius 3 is 2.61 bits per heavy atom. The number of hydrogen-bond donors (Lipinski definition) is 2. The number of anilines is 3. The lowest BCUT2D eigenvalue weighted by atomic mass is 9.96. The SMILES string of the molecule is Cc1ccc(C)c(Nc2cc(-c3cccnc3)nc(NC3CCCCC3)n2)c1. The Balaban J connectivity index is 1.67. The first-order valence-corrected chi connectivity index (χ1v) is 10.1. The van der Waals surface area contributed by atoms with Gasteiger partial charge < -0.3 is 10.6 Å². The molecule has 0 aliphatic heterocycles. The van der Waals surface area contributed by atoms with Crippen molar-refractivity contribution in [2.45, 2.75) is 52.0 Å². The predicted molar refractivity (Wildman–Crippen MR) is 115 cm³/mol. The molecule has 0 atom stereocenters. The van der Waals surface area contributed by atoms with Crippen LogP contribution in [0.1, 0.15) is 43.2 Å². The zero-order valence-electron chi connectivity index (χ0n) is 16.6. The number of nitrogens with zero attached hydrogens (tertiary/aromatic N) is 3. The van der Waals surface area contributed by atoms with Crippen molar-refractivity contribution in [1.29, 1.82) is 0 Å². The lowest BCUT2D eigenvalue weighted by Gasteiger charge is -2.23. The minimum absolute atomic E-state index is 0.450. The Labute approximate surface area is 166 Å². The van der Waals surface area contributed by atoms with Gasteiger partial charge in [0, 0.05) is 35.8 Å². The summed E-state index contributed by atoms with van der Waals surface area (Å²) in [6, 6.07) is 12.8. The Morgan fingerprint density at radius 2 is 1.82 bits per heavy atom. The average molecular weight is 374 g/mol. The topological polar surface area (TPSA) is 62.7 Å². The number of pyridine rings is 1. The maximum absolute atomic E-state index is 4.78. The molecule has 0 spiro atoms.